The number of rotatable bonds is 3. The van der Waals surface area contributed by atoms with Gasteiger partial charge in [-0.15, -0.1) is 0 Å². The number of hydrogen-bond donors (Lipinski definition) is 2. The van der Waals surface area contributed by atoms with Gasteiger partial charge in [0.05, 0.1) is 12.8 Å². The highest BCUT2D eigenvalue weighted by Gasteiger charge is 2.28. The maximum absolute atomic E-state index is 12.2. The predicted octanol–water partition coefficient (Wildman–Crippen LogP) is 2.22. The first-order chi connectivity index (χ1) is 10.2. The van der Waals surface area contributed by atoms with E-state index in [1.807, 2.05) is 24.3 Å². The standard InChI is InChI=1S/C16H16N2O3/c1-20-13-5-3-2-4-10(13)8-15-16(19)18-12-9-11(17)6-7-14(12)21-15/h2-7,9,15H,8,17H2,1H3,(H,18,19). The van der Waals surface area contributed by atoms with E-state index in [0.29, 0.717) is 23.5 Å². The van der Waals surface area contributed by atoms with Gasteiger partial charge in [0.1, 0.15) is 11.5 Å². The van der Waals surface area contributed by atoms with Crippen LogP contribution in [0.1, 0.15) is 5.56 Å². The molecule has 2 aromatic carbocycles. The molecule has 5 heteroatoms. The van der Waals surface area contributed by atoms with Gasteiger partial charge in [-0.05, 0) is 29.8 Å². The number of methoxy groups -OCH3 is 1. The molecule has 0 saturated heterocycles. The van der Waals surface area contributed by atoms with E-state index >= 15 is 0 Å². The van der Waals surface area contributed by atoms with E-state index in [1.54, 1.807) is 25.3 Å². The fourth-order valence-electron chi connectivity index (χ4n) is 2.37. The summed E-state index contributed by atoms with van der Waals surface area (Å²) in [4.78, 5) is 12.2. The lowest BCUT2D eigenvalue weighted by atomic mass is 10.0. The van der Waals surface area contributed by atoms with E-state index in [0.717, 1.165) is 11.3 Å². The highest BCUT2D eigenvalue weighted by Crippen LogP contribution is 2.32. The Kier molecular flexibility index (Phi) is 3.39. The second-order valence-corrected chi connectivity index (χ2v) is 4.87. The van der Waals surface area contributed by atoms with Gasteiger partial charge >= 0.3 is 0 Å². The van der Waals surface area contributed by atoms with Crippen molar-refractivity contribution in [2.75, 3.05) is 18.2 Å². The number of hydrogen-bond acceptors (Lipinski definition) is 4. The van der Waals surface area contributed by atoms with Crippen LogP contribution < -0.4 is 20.5 Å². The molecule has 0 aliphatic carbocycles. The van der Waals surface area contributed by atoms with E-state index in [9.17, 15) is 4.79 Å². The molecule has 0 bridgehead atoms. The average Bonchev–Trinajstić information content (AvgIpc) is 2.49. The monoisotopic (exact) mass is 284 g/mol. The molecule has 1 aliphatic heterocycles. The predicted molar refractivity (Wildman–Crippen MR) is 80.6 cm³/mol. The Morgan fingerprint density at radius 3 is 2.90 bits per heavy atom. The smallest absolute Gasteiger partial charge is 0.265 e. The summed E-state index contributed by atoms with van der Waals surface area (Å²) >= 11 is 0. The lowest BCUT2D eigenvalue weighted by Crippen LogP contribution is -2.38. The number of para-hydroxylation sites is 1. The van der Waals surface area contributed by atoms with E-state index in [-0.39, 0.29) is 5.91 Å². The summed E-state index contributed by atoms with van der Waals surface area (Å²) in [7, 11) is 1.61. The molecule has 0 aromatic heterocycles. The molecule has 0 saturated carbocycles. The summed E-state index contributed by atoms with van der Waals surface area (Å²) in [5.74, 6) is 1.19. The molecule has 5 nitrogen and oxygen atoms in total. The molecule has 108 valence electrons. The van der Waals surface area contributed by atoms with Gasteiger partial charge in [-0.1, -0.05) is 18.2 Å². The first-order valence-corrected chi connectivity index (χ1v) is 6.66. The number of nitrogen functional groups attached to an aromatic ring is 1. The van der Waals surface area contributed by atoms with Gasteiger partial charge in [0.25, 0.3) is 5.91 Å². The zero-order chi connectivity index (χ0) is 14.8. The summed E-state index contributed by atoms with van der Waals surface area (Å²) in [6.07, 6.45) is -0.142. The number of carbonyl (C=O) groups excluding carboxylic acids is 1. The quantitative estimate of drug-likeness (QED) is 0.848. The van der Waals surface area contributed by atoms with Gasteiger partial charge in [0.2, 0.25) is 0 Å². The van der Waals surface area contributed by atoms with Crippen molar-refractivity contribution in [1.82, 2.24) is 0 Å². The van der Waals surface area contributed by atoms with Crippen molar-refractivity contribution in [3.05, 3.63) is 48.0 Å². The van der Waals surface area contributed by atoms with Gasteiger partial charge in [0, 0.05) is 12.1 Å². The maximum Gasteiger partial charge on any atom is 0.265 e. The molecular weight excluding hydrogens is 268 g/mol. The second-order valence-electron chi connectivity index (χ2n) is 4.87. The van der Waals surface area contributed by atoms with Gasteiger partial charge in [0.15, 0.2) is 6.10 Å². The normalized spacial score (nSPS) is 16.6. The highest BCUT2D eigenvalue weighted by atomic mass is 16.5. The molecule has 0 spiro atoms. The number of ether oxygens (including phenoxy) is 2. The van der Waals surface area contributed by atoms with Crippen molar-refractivity contribution in [2.45, 2.75) is 12.5 Å². The lowest BCUT2D eigenvalue weighted by molar-refractivity contribution is -0.123. The summed E-state index contributed by atoms with van der Waals surface area (Å²) in [5, 5.41) is 2.82. The van der Waals surface area contributed by atoms with Crippen molar-refractivity contribution in [2.24, 2.45) is 0 Å². The number of carbonyl (C=O) groups is 1. The number of anilines is 2. The summed E-state index contributed by atoms with van der Waals surface area (Å²) in [6, 6.07) is 12.8. The summed E-state index contributed by atoms with van der Waals surface area (Å²) < 4.78 is 11.1. The number of amides is 1. The fourth-order valence-corrected chi connectivity index (χ4v) is 2.37. The molecule has 1 unspecified atom stereocenters. The first-order valence-electron chi connectivity index (χ1n) is 6.66. The van der Waals surface area contributed by atoms with Gasteiger partial charge < -0.3 is 20.5 Å². The third kappa shape index (κ3) is 2.63. The number of benzene rings is 2. The lowest BCUT2D eigenvalue weighted by Gasteiger charge is -2.26. The van der Waals surface area contributed by atoms with Crippen LogP contribution in [0.2, 0.25) is 0 Å². The van der Waals surface area contributed by atoms with Crippen LogP contribution in [0.5, 0.6) is 11.5 Å². The Balaban J connectivity index is 1.84. The molecule has 2 aromatic rings. The maximum atomic E-state index is 12.2. The Morgan fingerprint density at radius 1 is 1.29 bits per heavy atom. The molecule has 1 amide bonds. The number of nitrogens with one attached hydrogen (secondary N) is 1. The number of nitrogens with two attached hydrogens (primary N) is 1. The van der Waals surface area contributed by atoms with Crippen LogP contribution in [-0.4, -0.2) is 19.1 Å². The van der Waals surface area contributed by atoms with Crippen LogP contribution in [0, 0.1) is 0 Å². The third-order valence-electron chi connectivity index (χ3n) is 3.42. The van der Waals surface area contributed by atoms with Gasteiger partial charge in [-0.3, -0.25) is 4.79 Å². The van der Waals surface area contributed by atoms with Crippen LogP contribution >= 0.6 is 0 Å². The van der Waals surface area contributed by atoms with Crippen molar-refractivity contribution in [3.63, 3.8) is 0 Å². The molecule has 3 N–H and O–H groups in total. The van der Waals surface area contributed by atoms with Crippen LogP contribution in [-0.2, 0) is 11.2 Å². The van der Waals surface area contributed by atoms with Gasteiger partial charge in [-0.25, -0.2) is 0 Å². The zero-order valence-electron chi connectivity index (χ0n) is 11.6. The minimum absolute atomic E-state index is 0.181. The number of fused-ring (bicyclic) bond motifs is 1. The van der Waals surface area contributed by atoms with Crippen LogP contribution in [0.4, 0.5) is 11.4 Å². The van der Waals surface area contributed by atoms with Crippen LogP contribution in [0.15, 0.2) is 42.5 Å². The van der Waals surface area contributed by atoms with E-state index < -0.39 is 6.10 Å². The SMILES string of the molecule is COc1ccccc1CC1Oc2ccc(N)cc2NC1=O. The summed E-state index contributed by atoms with van der Waals surface area (Å²) in [6.45, 7) is 0. The molecule has 21 heavy (non-hydrogen) atoms. The second kappa shape index (κ2) is 5.36. The highest BCUT2D eigenvalue weighted by molar-refractivity contribution is 5.98. The minimum Gasteiger partial charge on any atom is -0.496 e. The molecule has 3 rings (SSSR count). The molecular formula is C16H16N2O3. The van der Waals surface area contributed by atoms with E-state index in [2.05, 4.69) is 5.32 Å². The van der Waals surface area contributed by atoms with Crippen molar-refractivity contribution in [3.8, 4) is 11.5 Å². The molecule has 1 atom stereocenters. The Morgan fingerprint density at radius 2 is 2.10 bits per heavy atom. The average molecular weight is 284 g/mol. The molecule has 0 radical (unpaired) electrons. The topological polar surface area (TPSA) is 73.6 Å². The Bertz CT molecular complexity index is 685. The third-order valence-corrected chi connectivity index (χ3v) is 3.42. The van der Waals surface area contributed by atoms with Crippen molar-refractivity contribution >= 4 is 17.3 Å². The zero-order valence-corrected chi connectivity index (χ0v) is 11.6. The van der Waals surface area contributed by atoms with Crippen molar-refractivity contribution in [1.29, 1.82) is 0 Å². The minimum atomic E-state index is -0.586. The van der Waals surface area contributed by atoms with Crippen LogP contribution in [0.3, 0.4) is 0 Å². The molecule has 1 aliphatic rings. The van der Waals surface area contributed by atoms with E-state index in [1.165, 1.54) is 0 Å². The Hall–Kier alpha value is -2.69. The molecule has 0 fully saturated rings. The van der Waals surface area contributed by atoms with Gasteiger partial charge in [-0.2, -0.15) is 0 Å². The Labute approximate surface area is 122 Å². The van der Waals surface area contributed by atoms with Crippen LogP contribution in [0.25, 0.3) is 0 Å². The fraction of sp³-hybridized carbons (Fsp3) is 0.188. The molecule has 1 heterocycles. The van der Waals surface area contributed by atoms with Crippen molar-refractivity contribution < 1.29 is 14.3 Å². The summed E-state index contributed by atoms with van der Waals surface area (Å²) in [5.41, 5.74) is 7.82. The van der Waals surface area contributed by atoms with E-state index in [4.69, 9.17) is 15.2 Å². The first kappa shape index (κ1) is 13.3. The largest absolute Gasteiger partial charge is 0.496 e.